The van der Waals surface area contributed by atoms with Crippen molar-refractivity contribution in [2.75, 3.05) is 13.2 Å². The summed E-state index contributed by atoms with van der Waals surface area (Å²) in [6.45, 7) is 6.04. The number of nitrogens with one attached hydrogen (secondary N) is 2. The first-order valence-corrected chi connectivity index (χ1v) is 8.45. The van der Waals surface area contributed by atoms with E-state index in [4.69, 9.17) is 4.74 Å². The Balaban J connectivity index is 2.12. The minimum Gasteiger partial charge on any atom is -0.377 e. The Morgan fingerprint density at radius 2 is 2.20 bits per heavy atom. The maximum Gasteiger partial charge on any atom is 0.240 e. The molecule has 1 aliphatic heterocycles. The molecule has 0 radical (unpaired) electrons. The fourth-order valence-electron chi connectivity index (χ4n) is 2.25. The van der Waals surface area contributed by atoms with Gasteiger partial charge in [0.1, 0.15) is 0 Å². The maximum absolute atomic E-state index is 12.4. The second-order valence-corrected chi connectivity index (χ2v) is 6.73. The molecule has 0 aliphatic carbocycles. The monoisotopic (exact) mass is 298 g/mol. The summed E-state index contributed by atoms with van der Waals surface area (Å²) < 4.78 is 32.9. The van der Waals surface area contributed by atoms with E-state index < -0.39 is 10.0 Å². The van der Waals surface area contributed by atoms with Crippen LogP contribution >= 0.6 is 0 Å². The lowest BCUT2D eigenvalue weighted by Gasteiger charge is -2.16. The highest BCUT2D eigenvalue weighted by Gasteiger charge is 2.29. The van der Waals surface area contributed by atoms with E-state index in [2.05, 4.69) is 10.0 Å². The normalized spacial score (nSPS) is 23.1. The summed E-state index contributed by atoms with van der Waals surface area (Å²) in [5, 5.41) is 3.19. The van der Waals surface area contributed by atoms with Crippen LogP contribution in [0.3, 0.4) is 0 Å². The van der Waals surface area contributed by atoms with Crippen molar-refractivity contribution in [3.63, 3.8) is 0 Å². The van der Waals surface area contributed by atoms with Crippen molar-refractivity contribution in [3.05, 3.63) is 29.8 Å². The van der Waals surface area contributed by atoms with Crippen LogP contribution in [0.2, 0.25) is 0 Å². The van der Waals surface area contributed by atoms with Gasteiger partial charge in [0.15, 0.2) is 0 Å². The van der Waals surface area contributed by atoms with Gasteiger partial charge in [0.25, 0.3) is 0 Å². The highest BCUT2D eigenvalue weighted by Crippen LogP contribution is 2.17. The van der Waals surface area contributed by atoms with Gasteiger partial charge in [0.05, 0.1) is 17.0 Å². The molecule has 2 unspecified atom stereocenters. The summed E-state index contributed by atoms with van der Waals surface area (Å²) in [4.78, 5) is 0.312. The van der Waals surface area contributed by atoms with E-state index in [0.29, 0.717) is 18.0 Å². The summed E-state index contributed by atoms with van der Waals surface area (Å²) >= 11 is 0. The van der Waals surface area contributed by atoms with Crippen molar-refractivity contribution < 1.29 is 13.2 Å². The van der Waals surface area contributed by atoms with Crippen molar-refractivity contribution in [3.8, 4) is 0 Å². The van der Waals surface area contributed by atoms with Gasteiger partial charge in [0.2, 0.25) is 10.0 Å². The lowest BCUT2D eigenvalue weighted by molar-refractivity contribution is 0.117. The van der Waals surface area contributed by atoms with E-state index in [9.17, 15) is 8.42 Å². The van der Waals surface area contributed by atoms with E-state index in [1.807, 2.05) is 19.9 Å². The molecule has 6 heteroatoms. The molecular weight excluding hydrogens is 276 g/mol. The fraction of sp³-hybridized carbons (Fsp3) is 0.571. The second-order valence-electron chi connectivity index (χ2n) is 5.02. The molecular formula is C14H22N2O3S. The molecule has 1 aromatic carbocycles. The van der Waals surface area contributed by atoms with Gasteiger partial charge in [-0.1, -0.05) is 19.1 Å². The maximum atomic E-state index is 12.4. The molecule has 0 amide bonds. The Hall–Kier alpha value is -0.950. The largest absolute Gasteiger partial charge is 0.377 e. The number of rotatable bonds is 6. The Labute approximate surface area is 120 Å². The van der Waals surface area contributed by atoms with Crippen LogP contribution in [0.15, 0.2) is 29.2 Å². The molecule has 0 aromatic heterocycles. The first-order valence-electron chi connectivity index (χ1n) is 6.96. The fourth-order valence-corrected chi connectivity index (χ4v) is 3.65. The van der Waals surface area contributed by atoms with E-state index >= 15 is 0 Å². The van der Waals surface area contributed by atoms with Gasteiger partial charge >= 0.3 is 0 Å². The van der Waals surface area contributed by atoms with Crippen molar-refractivity contribution in [1.29, 1.82) is 0 Å². The first kappa shape index (κ1) is 15.4. The van der Waals surface area contributed by atoms with Crippen molar-refractivity contribution in [2.24, 2.45) is 0 Å². The molecule has 112 valence electrons. The number of benzene rings is 1. The Morgan fingerprint density at radius 3 is 2.85 bits per heavy atom. The molecule has 0 bridgehead atoms. The summed E-state index contributed by atoms with van der Waals surface area (Å²) in [5.74, 6) is 0. The SMILES string of the molecule is CCNCc1cccc(S(=O)(=O)NC2CCOC2C)c1. The van der Waals surface area contributed by atoms with Gasteiger partial charge in [-0.05, 0) is 37.6 Å². The Morgan fingerprint density at radius 1 is 1.40 bits per heavy atom. The zero-order chi connectivity index (χ0) is 14.6. The number of hydrogen-bond donors (Lipinski definition) is 2. The zero-order valence-electron chi connectivity index (χ0n) is 11.9. The molecule has 0 spiro atoms. The van der Waals surface area contributed by atoms with Gasteiger partial charge < -0.3 is 10.1 Å². The van der Waals surface area contributed by atoms with Gasteiger partial charge in [-0.3, -0.25) is 0 Å². The van der Waals surface area contributed by atoms with Crippen LogP contribution in [0.1, 0.15) is 25.8 Å². The molecule has 0 saturated carbocycles. The number of ether oxygens (including phenoxy) is 1. The van der Waals surface area contributed by atoms with Gasteiger partial charge in [-0.15, -0.1) is 0 Å². The average Bonchev–Trinajstić information content (AvgIpc) is 2.82. The minimum atomic E-state index is -3.48. The van der Waals surface area contributed by atoms with Crippen molar-refractivity contribution >= 4 is 10.0 Å². The standard InChI is InChI=1S/C14H22N2O3S/c1-3-15-10-12-5-4-6-13(9-12)20(17,18)16-14-7-8-19-11(14)2/h4-6,9,11,14-16H,3,7-8,10H2,1-2H3. The molecule has 1 saturated heterocycles. The summed E-state index contributed by atoms with van der Waals surface area (Å²) in [6.07, 6.45) is 0.645. The van der Waals surface area contributed by atoms with Crippen LogP contribution in [0.5, 0.6) is 0 Å². The molecule has 1 fully saturated rings. The predicted molar refractivity (Wildman–Crippen MR) is 78.0 cm³/mol. The summed E-state index contributed by atoms with van der Waals surface area (Å²) in [7, 11) is -3.48. The number of sulfonamides is 1. The lowest BCUT2D eigenvalue weighted by atomic mass is 10.2. The third-order valence-corrected chi connectivity index (χ3v) is 4.96. The van der Waals surface area contributed by atoms with Crippen molar-refractivity contribution in [2.45, 2.75) is 43.9 Å². The molecule has 1 aromatic rings. The van der Waals surface area contributed by atoms with Gasteiger partial charge in [0, 0.05) is 13.2 Å². The third kappa shape index (κ3) is 3.79. The molecule has 2 atom stereocenters. The molecule has 20 heavy (non-hydrogen) atoms. The highest BCUT2D eigenvalue weighted by atomic mass is 32.2. The van der Waals surface area contributed by atoms with Crippen LogP contribution in [0.4, 0.5) is 0 Å². The van der Waals surface area contributed by atoms with E-state index in [1.54, 1.807) is 18.2 Å². The first-order chi connectivity index (χ1) is 9.53. The third-order valence-electron chi connectivity index (χ3n) is 3.47. The van der Waals surface area contributed by atoms with Crippen LogP contribution in [0.25, 0.3) is 0 Å². The lowest BCUT2D eigenvalue weighted by Crippen LogP contribution is -2.39. The average molecular weight is 298 g/mol. The Kier molecular flexibility index (Phi) is 5.15. The summed E-state index contributed by atoms with van der Waals surface area (Å²) in [6, 6.07) is 6.89. The summed E-state index contributed by atoms with van der Waals surface area (Å²) in [5.41, 5.74) is 0.963. The zero-order valence-corrected chi connectivity index (χ0v) is 12.7. The Bertz CT molecular complexity index is 545. The van der Waals surface area contributed by atoms with Crippen molar-refractivity contribution in [1.82, 2.24) is 10.0 Å². The molecule has 2 N–H and O–H groups in total. The van der Waals surface area contributed by atoms with Gasteiger partial charge in [-0.25, -0.2) is 13.1 Å². The van der Waals surface area contributed by atoms with Crippen LogP contribution in [-0.4, -0.2) is 33.7 Å². The predicted octanol–water partition coefficient (Wildman–Crippen LogP) is 1.25. The molecule has 2 rings (SSSR count). The topological polar surface area (TPSA) is 67.4 Å². The van der Waals surface area contributed by atoms with Gasteiger partial charge in [-0.2, -0.15) is 0 Å². The second kappa shape index (κ2) is 6.67. The minimum absolute atomic E-state index is 0.0743. The van der Waals surface area contributed by atoms with Crippen LogP contribution < -0.4 is 10.0 Å². The quantitative estimate of drug-likeness (QED) is 0.829. The smallest absolute Gasteiger partial charge is 0.240 e. The molecule has 5 nitrogen and oxygen atoms in total. The molecule has 1 heterocycles. The van der Waals surface area contributed by atoms with E-state index in [-0.39, 0.29) is 12.1 Å². The van der Waals surface area contributed by atoms with Crippen LogP contribution in [0, 0.1) is 0 Å². The number of hydrogen-bond acceptors (Lipinski definition) is 4. The van der Waals surface area contributed by atoms with E-state index in [0.717, 1.165) is 18.5 Å². The van der Waals surface area contributed by atoms with Crippen LogP contribution in [-0.2, 0) is 21.3 Å². The molecule has 1 aliphatic rings. The van der Waals surface area contributed by atoms with E-state index in [1.165, 1.54) is 0 Å². The highest BCUT2D eigenvalue weighted by molar-refractivity contribution is 7.89.